The van der Waals surface area contributed by atoms with E-state index in [-0.39, 0.29) is 5.76 Å². The summed E-state index contributed by atoms with van der Waals surface area (Å²) in [7, 11) is 0. The van der Waals surface area contributed by atoms with Gasteiger partial charge in [-0.2, -0.15) is 13.2 Å². The van der Waals surface area contributed by atoms with Crippen molar-refractivity contribution in [3.63, 3.8) is 0 Å². The molecule has 1 fully saturated rings. The highest BCUT2D eigenvalue weighted by molar-refractivity contribution is 5.95. The second-order valence-corrected chi connectivity index (χ2v) is 5.23. The predicted molar refractivity (Wildman–Crippen MR) is 64.3 cm³/mol. The van der Waals surface area contributed by atoms with Crippen LogP contribution >= 0.6 is 0 Å². The van der Waals surface area contributed by atoms with Crippen molar-refractivity contribution in [3.8, 4) is 0 Å². The van der Waals surface area contributed by atoms with Gasteiger partial charge in [-0.15, -0.1) is 0 Å². The zero-order valence-electron chi connectivity index (χ0n) is 10.8. The summed E-state index contributed by atoms with van der Waals surface area (Å²) in [5.74, 6) is -0.612. The van der Waals surface area contributed by atoms with Crippen molar-refractivity contribution in [2.45, 2.75) is 38.8 Å². The highest BCUT2D eigenvalue weighted by Crippen LogP contribution is 2.34. The van der Waals surface area contributed by atoms with E-state index in [0.29, 0.717) is 18.6 Å². The molecule has 2 aliphatic rings. The Hall–Kier alpha value is -1.26. The fourth-order valence-electron chi connectivity index (χ4n) is 2.46. The molecule has 0 N–H and O–H groups in total. The molecule has 0 bridgehead atoms. The Morgan fingerprint density at radius 1 is 1.26 bits per heavy atom. The number of hydrogen-bond acceptors (Lipinski definition) is 2. The summed E-state index contributed by atoms with van der Waals surface area (Å²) < 4.78 is 43.4. The quantitative estimate of drug-likeness (QED) is 0.782. The maximum Gasteiger partial charge on any atom is 0.416 e. The van der Waals surface area contributed by atoms with Crippen molar-refractivity contribution in [2.24, 2.45) is 11.8 Å². The predicted octanol–water partition coefficient (Wildman–Crippen LogP) is 3.78. The summed E-state index contributed by atoms with van der Waals surface area (Å²) in [6.45, 7) is 1.99. The van der Waals surface area contributed by atoms with E-state index in [1.807, 2.05) is 0 Å². The number of carbonyl (C=O) groups is 1. The largest absolute Gasteiger partial charge is 0.497 e. The van der Waals surface area contributed by atoms with E-state index < -0.39 is 23.5 Å². The van der Waals surface area contributed by atoms with Gasteiger partial charge in [0.25, 0.3) is 0 Å². The third kappa shape index (κ3) is 3.39. The average molecular weight is 274 g/mol. The second-order valence-electron chi connectivity index (χ2n) is 5.23. The molecule has 0 aromatic heterocycles. The number of carbonyl (C=O) groups excluding carboxylic acids is 1. The van der Waals surface area contributed by atoms with Gasteiger partial charge in [0.05, 0.1) is 18.1 Å². The molecule has 0 saturated heterocycles. The van der Waals surface area contributed by atoms with Gasteiger partial charge in [-0.3, -0.25) is 4.79 Å². The van der Waals surface area contributed by atoms with Gasteiger partial charge < -0.3 is 4.74 Å². The zero-order valence-corrected chi connectivity index (χ0v) is 10.8. The first-order chi connectivity index (χ1) is 8.88. The van der Waals surface area contributed by atoms with Crippen LogP contribution in [0.1, 0.15) is 32.6 Å². The van der Waals surface area contributed by atoms with Crippen LogP contribution in [-0.4, -0.2) is 18.6 Å². The summed E-state index contributed by atoms with van der Waals surface area (Å²) in [5, 5.41) is 0. The summed E-state index contributed by atoms with van der Waals surface area (Å²) in [6.07, 6.45) is 1.52. The van der Waals surface area contributed by atoms with Gasteiger partial charge in [0, 0.05) is 0 Å². The third-order valence-electron chi connectivity index (χ3n) is 3.74. The van der Waals surface area contributed by atoms with Crippen molar-refractivity contribution < 1.29 is 22.7 Å². The molecule has 0 aliphatic heterocycles. The number of rotatable bonds is 3. The minimum atomic E-state index is -4.50. The van der Waals surface area contributed by atoms with Gasteiger partial charge in [-0.05, 0) is 37.8 Å². The van der Waals surface area contributed by atoms with Crippen LogP contribution in [-0.2, 0) is 9.53 Å². The number of hydrogen-bond donors (Lipinski definition) is 0. The fraction of sp³-hybridized carbons (Fsp3) is 0.643. The van der Waals surface area contributed by atoms with E-state index in [1.54, 1.807) is 6.92 Å². The Kier molecular flexibility index (Phi) is 4.02. The molecule has 1 saturated carbocycles. The van der Waals surface area contributed by atoms with Crippen LogP contribution in [0.5, 0.6) is 0 Å². The molecule has 1 unspecified atom stereocenters. The van der Waals surface area contributed by atoms with E-state index in [0.717, 1.165) is 31.8 Å². The topological polar surface area (TPSA) is 26.3 Å². The summed E-state index contributed by atoms with van der Waals surface area (Å²) in [6, 6.07) is 0. The van der Waals surface area contributed by atoms with E-state index in [4.69, 9.17) is 4.74 Å². The maximum atomic E-state index is 12.6. The highest BCUT2D eigenvalue weighted by Gasteiger charge is 2.37. The first-order valence-corrected chi connectivity index (χ1v) is 6.55. The number of alkyl halides is 3. The highest BCUT2D eigenvalue weighted by atomic mass is 19.4. The summed E-state index contributed by atoms with van der Waals surface area (Å²) in [5.41, 5.74) is -0.919. The Labute approximate surface area is 110 Å². The Morgan fingerprint density at radius 2 is 1.89 bits per heavy atom. The van der Waals surface area contributed by atoms with Crippen LogP contribution in [0.3, 0.4) is 0 Å². The minimum absolute atomic E-state index is 0.145. The summed E-state index contributed by atoms with van der Waals surface area (Å²) >= 11 is 0. The Morgan fingerprint density at radius 3 is 2.47 bits per heavy atom. The lowest BCUT2D eigenvalue weighted by Gasteiger charge is -2.22. The van der Waals surface area contributed by atoms with Gasteiger partial charge in [0.1, 0.15) is 5.76 Å². The summed E-state index contributed by atoms with van der Waals surface area (Å²) in [4.78, 5) is 11.6. The lowest BCUT2D eigenvalue weighted by atomic mass is 9.94. The van der Waals surface area contributed by atoms with Gasteiger partial charge >= 0.3 is 6.18 Å². The molecular weight excluding hydrogens is 257 g/mol. The van der Waals surface area contributed by atoms with Gasteiger partial charge in [0.2, 0.25) is 0 Å². The number of allylic oxidation sites excluding steroid dienone is 4. The molecule has 5 heteroatoms. The number of halogens is 3. The lowest BCUT2D eigenvalue weighted by Crippen LogP contribution is -2.23. The smallest absolute Gasteiger partial charge is 0.416 e. The second kappa shape index (κ2) is 5.39. The zero-order chi connectivity index (χ0) is 14.0. The van der Waals surface area contributed by atoms with Crippen LogP contribution < -0.4 is 0 Å². The van der Waals surface area contributed by atoms with Crippen molar-refractivity contribution >= 4 is 5.78 Å². The first-order valence-electron chi connectivity index (χ1n) is 6.55. The van der Waals surface area contributed by atoms with E-state index in [2.05, 4.69) is 0 Å². The van der Waals surface area contributed by atoms with Crippen LogP contribution in [0.15, 0.2) is 23.5 Å². The third-order valence-corrected chi connectivity index (χ3v) is 3.74. The Balaban J connectivity index is 2.06. The van der Waals surface area contributed by atoms with Crippen molar-refractivity contribution in [2.75, 3.05) is 6.61 Å². The van der Waals surface area contributed by atoms with Crippen molar-refractivity contribution in [1.29, 1.82) is 0 Å². The molecule has 0 aromatic rings. The Bertz CT molecular complexity index is 415. The molecule has 0 heterocycles. The van der Waals surface area contributed by atoms with Gasteiger partial charge in [-0.1, -0.05) is 12.8 Å². The molecule has 19 heavy (non-hydrogen) atoms. The van der Waals surface area contributed by atoms with Gasteiger partial charge in [0.15, 0.2) is 5.78 Å². The van der Waals surface area contributed by atoms with E-state index in [1.165, 1.54) is 0 Å². The van der Waals surface area contributed by atoms with Crippen LogP contribution in [0.4, 0.5) is 13.2 Å². The molecule has 1 atom stereocenters. The van der Waals surface area contributed by atoms with E-state index >= 15 is 0 Å². The molecule has 0 radical (unpaired) electrons. The van der Waals surface area contributed by atoms with Crippen molar-refractivity contribution in [1.82, 2.24) is 0 Å². The van der Waals surface area contributed by atoms with Crippen molar-refractivity contribution in [3.05, 3.63) is 23.5 Å². The van der Waals surface area contributed by atoms with Crippen LogP contribution in [0, 0.1) is 11.8 Å². The maximum absolute atomic E-state index is 12.6. The SMILES string of the molecule is CC1C(=O)C=C(C(F)(F)F)C=C1OCC1CCCC1. The molecule has 2 aliphatic carbocycles. The first kappa shape index (κ1) is 14.2. The normalized spacial score (nSPS) is 25.3. The van der Waals surface area contributed by atoms with Gasteiger partial charge in [-0.25, -0.2) is 0 Å². The fourth-order valence-corrected chi connectivity index (χ4v) is 2.46. The molecule has 0 amide bonds. The number of ketones is 1. The van der Waals surface area contributed by atoms with E-state index in [9.17, 15) is 18.0 Å². The monoisotopic (exact) mass is 274 g/mol. The standard InChI is InChI=1S/C14H17F3O2/c1-9-12(18)6-11(14(15,16)17)7-13(9)19-8-10-4-2-3-5-10/h6-7,9-10H,2-5,8H2,1H3. The molecule has 0 aromatic carbocycles. The van der Waals surface area contributed by atoms with Crippen LogP contribution in [0.25, 0.3) is 0 Å². The molecule has 2 nitrogen and oxygen atoms in total. The lowest BCUT2D eigenvalue weighted by molar-refractivity contribution is -0.120. The van der Waals surface area contributed by atoms with Crippen LogP contribution in [0.2, 0.25) is 0 Å². The number of ether oxygens (including phenoxy) is 1. The molecular formula is C14H17F3O2. The average Bonchev–Trinajstić information content (AvgIpc) is 2.82. The molecule has 2 rings (SSSR count). The molecule has 106 valence electrons. The molecule has 0 spiro atoms. The minimum Gasteiger partial charge on any atom is -0.497 e.